The van der Waals surface area contributed by atoms with Gasteiger partial charge in [0.1, 0.15) is 22.8 Å². The third kappa shape index (κ3) is 3.22. The summed E-state index contributed by atoms with van der Waals surface area (Å²) in [6.07, 6.45) is 3.75. The number of fused-ring (bicyclic) bond motifs is 1. The molecule has 0 spiro atoms. The van der Waals surface area contributed by atoms with Gasteiger partial charge in [-0.15, -0.1) is 0 Å². The minimum absolute atomic E-state index is 0.0702. The maximum Gasteiger partial charge on any atom is 0.133 e. The van der Waals surface area contributed by atoms with Crippen LogP contribution in [0.2, 0.25) is 0 Å². The van der Waals surface area contributed by atoms with Crippen LogP contribution in [-0.4, -0.2) is 52.1 Å². The smallest absolute Gasteiger partial charge is 0.133 e. The van der Waals surface area contributed by atoms with Gasteiger partial charge in [-0.25, -0.2) is 4.98 Å². The lowest BCUT2D eigenvalue weighted by molar-refractivity contribution is 0.0529. The van der Waals surface area contributed by atoms with Gasteiger partial charge in [-0.05, 0) is 32.9 Å². The van der Waals surface area contributed by atoms with Gasteiger partial charge in [0.15, 0.2) is 0 Å². The van der Waals surface area contributed by atoms with Gasteiger partial charge < -0.3 is 14.4 Å². The normalized spacial score (nSPS) is 17.8. The van der Waals surface area contributed by atoms with Crippen molar-refractivity contribution in [1.82, 2.24) is 20.2 Å². The summed E-state index contributed by atoms with van der Waals surface area (Å²) in [5.41, 5.74) is 2.42. The molecule has 0 bridgehead atoms. The van der Waals surface area contributed by atoms with E-state index in [2.05, 4.69) is 27.0 Å². The lowest BCUT2D eigenvalue weighted by Crippen LogP contribution is -2.41. The zero-order chi connectivity index (χ0) is 18.1. The molecule has 1 aliphatic heterocycles. The predicted molar refractivity (Wildman–Crippen MR) is 101 cm³/mol. The van der Waals surface area contributed by atoms with Crippen molar-refractivity contribution in [3.05, 3.63) is 30.6 Å². The lowest BCUT2D eigenvalue weighted by Gasteiger charge is -2.32. The first-order valence-electron chi connectivity index (χ1n) is 8.94. The second-order valence-corrected chi connectivity index (χ2v) is 6.80. The molecule has 0 amide bonds. The van der Waals surface area contributed by atoms with Crippen molar-refractivity contribution in [3.63, 3.8) is 0 Å². The number of aromatic nitrogens is 4. The van der Waals surface area contributed by atoms with Gasteiger partial charge in [-0.1, -0.05) is 0 Å². The van der Waals surface area contributed by atoms with Crippen molar-refractivity contribution < 1.29 is 9.47 Å². The standard InChI is InChI=1S/C19H23N5O2/c1-12(2)26-16-10-17(24-8-9-25-13(3)11-24)22-18-14(16)4-6-20-19(18)15-5-7-21-23-15/h4-7,10,12-13H,8-9,11H2,1-3H3,(H,21,23)/t13-/m0/s1. The topological polar surface area (TPSA) is 76.2 Å². The summed E-state index contributed by atoms with van der Waals surface area (Å²) in [5, 5.41) is 7.98. The highest BCUT2D eigenvalue weighted by molar-refractivity contribution is 5.95. The van der Waals surface area contributed by atoms with E-state index >= 15 is 0 Å². The number of aromatic amines is 1. The molecule has 136 valence electrons. The molecule has 0 radical (unpaired) electrons. The molecular formula is C19H23N5O2. The second kappa shape index (κ2) is 6.92. The van der Waals surface area contributed by atoms with E-state index in [1.54, 1.807) is 12.4 Å². The van der Waals surface area contributed by atoms with Crippen molar-refractivity contribution in [2.45, 2.75) is 33.0 Å². The summed E-state index contributed by atoms with van der Waals surface area (Å²) in [5.74, 6) is 1.71. The van der Waals surface area contributed by atoms with Gasteiger partial charge in [0.25, 0.3) is 0 Å². The van der Waals surface area contributed by atoms with Gasteiger partial charge in [0.05, 0.1) is 24.5 Å². The molecule has 26 heavy (non-hydrogen) atoms. The van der Waals surface area contributed by atoms with Crippen molar-refractivity contribution in [2.24, 2.45) is 0 Å². The van der Waals surface area contributed by atoms with Crippen LogP contribution in [-0.2, 0) is 4.74 Å². The molecule has 1 fully saturated rings. The summed E-state index contributed by atoms with van der Waals surface area (Å²) < 4.78 is 11.8. The van der Waals surface area contributed by atoms with Crippen LogP contribution >= 0.6 is 0 Å². The first kappa shape index (κ1) is 16.8. The Morgan fingerprint density at radius 3 is 2.92 bits per heavy atom. The lowest BCUT2D eigenvalue weighted by atomic mass is 10.1. The number of ether oxygens (including phenoxy) is 2. The first-order valence-corrected chi connectivity index (χ1v) is 8.94. The van der Waals surface area contributed by atoms with Gasteiger partial charge in [0, 0.05) is 36.9 Å². The molecule has 7 nitrogen and oxygen atoms in total. The zero-order valence-corrected chi connectivity index (χ0v) is 15.3. The number of rotatable bonds is 4. The van der Waals surface area contributed by atoms with Crippen LogP contribution in [0.4, 0.5) is 5.82 Å². The molecule has 0 unspecified atom stereocenters. The van der Waals surface area contributed by atoms with E-state index in [9.17, 15) is 0 Å². The molecule has 1 N–H and O–H groups in total. The monoisotopic (exact) mass is 353 g/mol. The number of anilines is 1. The number of hydrogen-bond donors (Lipinski definition) is 1. The Labute approximate surface area is 152 Å². The minimum Gasteiger partial charge on any atom is -0.490 e. The molecule has 4 rings (SSSR count). The number of pyridine rings is 2. The predicted octanol–water partition coefficient (Wildman–Crippen LogP) is 3.03. The van der Waals surface area contributed by atoms with Crippen LogP contribution in [0.15, 0.2) is 30.6 Å². The number of nitrogens with one attached hydrogen (secondary N) is 1. The fourth-order valence-electron chi connectivity index (χ4n) is 3.23. The molecule has 3 aromatic rings. The Bertz CT molecular complexity index is 894. The average molecular weight is 353 g/mol. The highest BCUT2D eigenvalue weighted by Crippen LogP contribution is 2.34. The Kier molecular flexibility index (Phi) is 4.46. The molecule has 0 aromatic carbocycles. The molecule has 1 saturated heterocycles. The molecule has 0 aliphatic carbocycles. The Balaban J connectivity index is 1.88. The molecule has 3 aromatic heterocycles. The first-order chi connectivity index (χ1) is 12.6. The molecule has 1 atom stereocenters. The van der Waals surface area contributed by atoms with Crippen LogP contribution in [0, 0.1) is 0 Å². The highest BCUT2D eigenvalue weighted by Gasteiger charge is 2.21. The summed E-state index contributed by atoms with van der Waals surface area (Å²) in [6.45, 7) is 8.44. The average Bonchev–Trinajstić information content (AvgIpc) is 3.15. The van der Waals surface area contributed by atoms with E-state index in [0.29, 0.717) is 6.61 Å². The van der Waals surface area contributed by atoms with Gasteiger partial charge in [0.2, 0.25) is 0 Å². The Morgan fingerprint density at radius 2 is 2.19 bits per heavy atom. The minimum atomic E-state index is 0.0702. The fraction of sp³-hybridized carbons (Fsp3) is 0.421. The van der Waals surface area contributed by atoms with E-state index in [1.165, 1.54) is 0 Å². The second-order valence-electron chi connectivity index (χ2n) is 6.80. The van der Waals surface area contributed by atoms with Gasteiger partial charge in [-0.3, -0.25) is 10.1 Å². The number of nitrogens with zero attached hydrogens (tertiary/aromatic N) is 4. The number of morpholine rings is 1. The SMILES string of the molecule is CC(C)Oc1cc(N2CCO[C@@H](C)C2)nc2c(-c3ccn[nH]3)nccc12. The fourth-order valence-corrected chi connectivity index (χ4v) is 3.23. The van der Waals surface area contributed by atoms with Crippen LogP contribution in [0.1, 0.15) is 20.8 Å². The van der Waals surface area contributed by atoms with E-state index in [0.717, 1.165) is 46.9 Å². The van der Waals surface area contributed by atoms with Crippen LogP contribution in [0.5, 0.6) is 5.75 Å². The summed E-state index contributed by atoms with van der Waals surface area (Å²) in [6, 6.07) is 5.87. The summed E-state index contributed by atoms with van der Waals surface area (Å²) in [4.78, 5) is 11.7. The maximum absolute atomic E-state index is 6.11. The third-order valence-electron chi connectivity index (χ3n) is 4.36. The van der Waals surface area contributed by atoms with E-state index < -0.39 is 0 Å². The Hall–Kier alpha value is -2.67. The van der Waals surface area contributed by atoms with Crippen molar-refractivity contribution in [3.8, 4) is 17.1 Å². The van der Waals surface area contributed by atoms with Crippen molar-refractivity contribution in [1.29, 1.82) is 0 Å². The van der Waals surface area contributed by atoms with E-state index in [-0.39, 0.29) is 12.2 Å². The third-order valence-corrected chi connectivity index (χ3v) is 4.36. The van der Waals surface area contributed by atoms with Crippen LogP contribution in [0.25, 0.3) is 22.3 Å². The van der Waals surface area contributed by atoms with Gasteiger partial charge >= 0.3 is 0 Å². The molecule has 0 saturated carbocycles. The molecule has 4 heterocycles. The van der Waals surface area contributed by atoms with Crippen molar-refractivity contribution in [2.75, 3.05) is 24.6 Å². The quantitative estimate of drug-likeness (QED) is 0.777. The molecule has 1 aliphatic rings. The van der Waals surface area contributed by atoms with E-state index in [1.807, 2.05) is 32.0 Å². The Morgan fingerprint density at radius 1 is 1.31 bits per heavy atom. The number of hydrogen-bond acceptors (Lipinski definition) is 6. The molecular weight excluding hydrogens is 330 g/mol. The zero-order valence-electron chi connectivity index (χ0n) is 15.3. The maximum atomic E-state index is 6.11. The summed E-state index contributed by atoms with van der Waals surface area (Å²) in [7, 11) is 0. The summed E-state index contributed by atoms with van der Waals surface area (Å²) >= 11 is 0. The highest BCUT2D eigenvalue weighted by atomic mass is 16.5. The van der Waals surface area contributed by atoms with E-state index in [4.69, 9.17) is 14.5 Å². The van der Waals surface area contributed by atoms with Gasteiger partial charge in [-0.2, -0.15) is 5.10 Å². The van der Waals surface area contributed by atoms with Crippen LogP contribution < -0.4 is 9.64 Å². The van der Waals surface area contributed by atoms with Crippen molar-refractivity contribution >= 4 is 16.7 Å². The number of H-pyrrole nitrogens is 1. The largest absolute Gasteiger partial charge is 0.490 e. The van der Waals surface area contributed by atoms with Crippen LogP contribution in [0.3, 0.4) is 0 Å². The molecule has 7 heteroatoms.